The molecule has 1 saturated heterocycles. The molecule has 7 heteroatoms. The van der Waals surface area contributed by atoms with Gasteiger partial charge in [-0.25, -0.2) is 4.79 Å². The first-order chi connectivity index (χ1) is 11.8. The quantitative estimate of drug-likeness (QED) is 0.870. The zero-order chi connectivity index (χ0) is 18.4. The molecule has 0 bridgehead atoms. The van der Waals surface area contributed by atoms with E-state index in [1.165, 1.54) is 25.8 Å². The van der Waals surface area contributed by atoms with E-state index in [4.69, 9.17) is 9.90 Å². The highest BCUT2D eigenvalue weighted by molar-refractivity contribution is 5.73. The lowest BCUT2D eigenvalue weighted by Gasteiger charge is -2.30. The molecule has 0 aromatic heterocycles. The monoisotopic (exact) mass is 359 g/mol. The van der Waals surface area contributed by atoms with Crippen molar-refractivity contribution in [2.24, 2.45) is 0 Å². The van der Waals surface area contributed by atoms with Crippen LogP contribution in [0.25, 0.3) is 0 Å². The van der Waals surface area contributed by atoms with E-state index >= 15 is 0 Å². The molecule has 2 N–H and O–H groups in total. The summed E-state index contributed by atoms with van der Waals surface area (Å²) >= 11 is 0. The minimum atomic E-state index is -5.08. The maximum atomic E-state index is 10.6. The summed E-state index contributed by atoms with van der Waals surface area (Å²) in [5.74, 6) is -2.01. The van der Waals surface area contributed by atoms with Crippen LogP contribution in [0.5, 0.6) is 0 Å². The molecule has 0 spiro atoms. The number of aryl methyl sites for hydroxylation is 1. The number of hydrogen-bond donors (Lipinski definition) is 2. The molecule has 3 rings (SSSR count). The van der Waals surface area contributed by atoms with Gasteiger partial charge in [0.1, 0.15) is 0 Å². The number of nitrogens with zero attached hydrogens (tertiary/aromatic N) is 1. The summed E-state index contributed by atoms with van der Waals surface area (Å²) in [6.45, 7) is 3.20. The van der Waals surface area contributed by atoms with Gasteiger partial charge >= 0.3 is 12.1 Å². The van der Waals surface area contributed by atoms with E-state index in [-0.39, 0.29) is 6.10 Å². The highest BCUT2D eigenvalue weighted by Crippen LogP contribution is 2.35. The highest BCUT2D eigenvalue weighted by atomic mass is 19.4. The Balaban J connectivity index is 0.000000277. The van der Waals surface area contributed by atoms with Crippen LogP contribution in [0.15, 0.2) is 24.3 Å². The molecular weight excluding hydrogens is 335 g/mol. The summed E-state index contributed by atoms with van der Waals surface area (Å²) in [6, 6.07) is 8.90. The van der Waals surface area contributed by atoms with Crippen LogP contribution in [0, 0.1) is 0 Å². The molecule has 0 amide bonds. The third-order valence-electron chi connectivity index (χ3n) is 4.77. The average molecular weight is 359 g/mol. The lowest BCUT2D eigenvalue weighted by molar-refractivity contribution is -0.192. The molecule has 1 aromatic rings. The summed E-state index contributed by atoms with van der Waals surface area (Å²) in [7, 11) is 0. The zero-order valence-electron chi connectivity index (χ0n) is 14.0. The van der Waals surface area contributed by atoms with Crippen molar-refractivity contribution in [2.75, 3.05) is 19.6 Å². The van der Waals surface area contributed by atoms with Gasteiger partial charge in [-0.1, -0.05) is 24.3 Å². The number of halogens is 3. The van der Waals surface area contributed by atoms with Crippen LogP contribution < -0.4 is 0 Å². The highest BCUT2D eigenvalue weighted by Gasteiger charge is 2.38. The van der Waals surface area contributed by atoms with Crippen molar-refractivity contribution in [2.45, 2.75) is 50.3 Å². The molecule has 1 heterocycles. The van der Waals surface area contributed by atoms with E-state index in [0.29, 0.717) is 0 Å². The lowest BCUT2D eigenvalue weighted by Crippen LogP contribution is -2.39. The molecule has 1 aliphatic heterocycles. The number of carbonyl (C=O) groups is 1. The van der Waals surface area contributed by atoms with Crippen LogP contribution >= 0.6 is 0 Å². The zero-order valence-corrected chi connectivity index (χ0v) is 14.0. The van der Waals surface area contributed by atoms with E-state index in [0.717, 1.165) is 31.8 Å². The number of aliphatic hydroxyl groups excluding tert-OH is 1. The van der Waals surface area contributed by atoms with Gasteiger partial charge in [-0.05, 0) is 62.2 Å². The Morgan fingerprint density at radius 3 is 2.56 bits per heavy atom. The smallest absolute Gasteiger partial charge is 0.475 e. The molecule has 2 aliphatic rings. The van der Waals surface area contributed by atoms with Crippen molar-refractivity contribution in [3.63, 3.8) is 0 Å². The van der Waals surface area contributed by atoms with E-state index in [1.54, 1.807) is 11.1 Å². The van der Waals surface area contributed by atoms with Gasteiger partial charge in [0.15, 0.2) is 0 Å². The minimum Gasteiger partial charge on any atom is -0.475 e. The van der Waals surface area contributed by atoms with Crippen molar-refractivity contribution in [3.05, 3.63) is 35.4 Å². The second-order valence-electron chi connectivity index (χ2n) is 6.62. The number of aliphatic carboxylic acids is 1. The maximum Gasteiger partial charge on any atom is 0.490 e. The maximum absolute atomic E-state index is 10.6. The fraction of sp³-hybridized carbons (Fsp3) is 0.611. The number of likely N-dealkylation sites (tertiary alicyclic amines) is 1. The van der Waals surface area contributed by atoms with Crippen molar-refractivity contribution in [1.82, 2.24) is 4.90 Å². The fourth-order valence-corrected chi connectivity index (χ4v) is 3.52. The van der Waals surface area contributed by atoms with Gasteiger partial charge < -0.3 is 15.1 Å². The van der Waals surface area contributed by atoms with Crippen molar-refractivity contribution >= 4 is 5.97 Å². The SMILES string of the molecule is O=C(O)C(F)(F)F.OC1CCCN(CCC2CCc3ccccc32)C1. The predicted octanol–water partition coefficient (Wildman–Crippen LogP) is 3.20. The molecule has 0 radical (unpaired) electrons. The van der Waals surface area contributed by atoms with E-state index in [9.17, 15) is 18.3 Å². The molecule has 2 atom stereocenters. The van der Waals surface area contributed by atoms with E-state index in [1.807, 2.05) is 0 Å². The molecule has 1 aromatic carbocycles. The van der Waals surface area contributed by atoms with Crippen LogP contribution in [0.1, 0.15) is 42.7 Å². The third kappa shape index (κ3) is 6.01. The van der Waals surface area contributed by atoms with Gasteiger partial charge in [-0.3, -0.25) is 0 Å². The molecule has 25 heavy (non-hydrogen) atoms. The van der Waals surface area contributed by atoms with Crippen LogP contribution in [-0.2, 0) is 11.2 Å². The van der Waals surface area contributed by atoms with Crippen molar-refractivity contribution in [3.8, 4) is 0 Å². The van der Waals surface area contributed by atoms with Crippen molar-refractivity contribution in [1.29, 1.82) is 0 Å². The van der Waals surface area contributed by atoms with E-state index < -0.39 is 12.1 Å². The second-order valence-corrected chi connectivity index (χ2v) is 6.62. The number of hydrogen-bond acceptors (Lipinski definition) is 3. The largest absolute Gasteiger partial charge is 0.490 e. The van der Waals surface area contributed by atoms with Gasteiger partial charge in [0.25, 0.3) is 0 Å². The summed E-state index contributed by atoms with van der Waals surface area (Å²) in [5, 5.41) is 16.8. The number of fused-ring (bicyclic) bond motifs is 1. The van der Waals surface area contributed by atoms with Crippen LogP contribution in [0.3, 0.4) is 0 Å². The summed E-state index contributed by atoms with van der Waals surface area (Å²) in [5.41, 5.74) is 3.14. The van der Waals surface area contributed by atoms with Gasteiger partial charge in [-0.2, -0.15) is 13.2 Å². The van der Waals surface area contributed by atoms with Gasteiger partial charge in [0.2, 0.25) is 0 Å². The number of β-amino-alcohol motifs (C(OH)–C–C–N with tert-alkyl or cyclic N) is 1. The average Bonchev–Trinajstić information content (AvgIpc) is 2.96. The molecule has 140 valence electrons. The number of rotatable bonds is 3. The summed E-state index contributed by atoms with van der Waals surface area (Å²) < 4.78 is 31.7. The van der Waals surface area contributed by atoms with Crippen LogP contribution in [-0.4, -0.2) is 53.0 Å². The molecule has 0 saturated carbocycles. The number of alkyl halides is 3. The molecule has 4 nitrogen and oxygen atoms in total. The Labute approximate surface area is 145 Å². The predicted molar refractivity (Wildman–Crippen MR) is 87.5 cm³/mol. The van der Waals surface area contributed by atoms with Crippen LogP contribution in [0.2, 0.25) is 0 Å². The van der Waals surface area contributed by atoms with E-state index in [2.05, 4.69) is 29.2 Å². The number of benzene rings is 1. The standard InChI is InChI=1S/C16H23NO.C2HF3O2/c18-15-5-3-10-17(12-15)11-9-14-8-7-13-4-1-2-6-16(13)14;3-2(4,5)1(6)7/h1-2,4,6,14-15,18H,3,5,7-12H2;(H,6,7). The fourth-order valence-electron chi connectivity index (χ4n) is 3.52. The third-order valence-corrected chi connectivity index (χ3v) is 4.77. The molecule has 1 fully saturated rings. The Hall–Kier alpha value is -1.60. The molecule has 1 aliphatic carbocycles. The summed E-state index contributed by atoms with van der Waals surface area (Å²) in [4.78, 5) is 11.3. The topological polar surface area (TPSA) is 60.8 Å². The number of carboxylic acids is 1. The first kappa shape index (κ1) is 19.7. The molecule has 2 unspecified atom stereocenters. The lowest BCUT2D eigenvalue weighted by atomic mass is 9.97. The van der Waals surface area contributed by atoms with Gasteiger partial charge in [0.05, 0.1) is 6.10 Å². The summed E-state index contributed by atoms with van der Waals surface area (Å²) in [6.07, 6.45) is 0.795. The Kier molecular flexibility index (Phi) is 6.84. The van der Waals surface area contributed by atoms with Crippen molar-refractivity contribution < 1.29 is 28.2 Å². The number of piperidine rings is 1. The Bertz CT molecular complexity index is 577. The normalized spacial score (nSPS) is 23.5. The minimum absolute atomic E-state index is 0.0883. The molecular formula is C18H24F3NO3. The second kappa shape index (κ2) is 8.67. The Morgan fingerprint density at radius 1 is 1.24 bits per heavy atom. The Morgan fingerprint density at radius 2 is 1.92 bits per heavy atom. The number of carboxylic acid groups (broad SMARTS) is 1. The first-order valence-electron chi connectivity index (χ1n) is 8.55. The van der Waals surface area contributed by atoms with Gasteiger partial charge in [0, 0.05) is 6.54 Å². The number of aliphatic hydroxyl groups is 1. The van der Waals surface area contributed by atoms with Crippen LogP contribution in [0.4, 0.5) is 13.2 Å². The van der Waals surface area contributed by atoms with Gasteiger partial charge in [-0.15, -0.1) is 0 Å². The first-order valence-corrected chi connectivity index (χ1v) is 8.55.